The largest absolute Gasteiger partial charge is 0.493 e. The van der Waals surface area contributed by atoms with E-state index in [0.717, 1.165) is 19.4 Å². The summed E-state index contributed by atoms with van der Waals surface area (Å²) in [6.45, 7) is 1.89. The summed E-state index contributed by atoms with van der Waals surface area (Å²) in [6, 6.07) is 3.50. The third-order valence-corrected chi connectivity index (χ3v) is 2.41. The molecular formula is C16H26O9. The van der Waals surface area contributed by atoms with Crippen molar-refractivity contribution in [2.75, 3.05) is 27.9 Å². The molecular weight excluding hydrogens is 336 g/mol. The van der Waals surface area contributed by atoms with E-state index in [2.05, 4.69) is 0 Å². The Labute approximate surface area is 146 Å². The Hall–Kier alpha value is -2.52. The Morgan fingerprint density at radius 1 is 0.960 bits per heavy atom. The molecule has 0 bridgehead atoms. The second kappa shape index (κ2) is 13.9. The van der Waals surface area contributed by atoms with E-state index in [1.165, 1.54) is 21.3 Å². The van der Waals surface area contributed by atoms with E-state index in [1.54, 1.807) is 12.1 Å². The van der Waals surface area contributed by atoms with Crippen LogP contribution in [-0.4, -0.2) is 66.4 Å². The number of hydrogen-bond donors (Lipinski definition) is 4. The quantitative estimate of drug-likeness (QED) is 0.577. The number of aliphatic carboxylic acids is 2. The summed E-state index contributed by atoms with van der Waals surface area (Å²) in [5.74, 6) is -0.0868. The average molecular weight is 362 g/mol. The Morgan fingerprint density at radius 3 is 1.56 bits per heavy atom. The lowest BCUT2D eigenvalue weighted by atomic mass is 10.1. The van der Waals surface area contributed by atoms with Gasteiger partial charge in [-0.1, -0.05) is 0 Å². The van der Waals surface area contributed by atoms with E-state index in [1.807, 2.05) is 0 Å². The first-order valence-electron chi connectivity index (χ1n) is 7.09. The molecule has 0 radical (unpaired) electrons. The summed E-state index contributed by atoms with van der Waals surface area (Å²) in [6.07, 6.45) is -0.467. The van der Waals surface area contributed by atoms with Crippen LogP contribution in [0.2, 0.25) is 0 Å². The fraction of sp³-hybridized carbons (Fsp3) is 0.500. The number of rotatable bonds is 6. The number of carboxylic acids is 2. The first kappa shape index (κ1) is 24.7. The number of benzene rings is 1. The number of carboxylic acid groups (broad SMARTS) is 2. The van der Waals surface area contributed by atoms with Crippen LogP contribution in [0.25, 0.3) is 0 Å². The first-order chi connectivity index (χ1) is 11.6. The second-order valence-corrected chi connectivity index (χ2v) is 4.61. The molecule has 9 heteroatoms. The van der Waals surface area contributed by atoms with E-state index >= 15 is 0 Å². The van der Waals surface area contributed by atoms with Gasteiger partial charge in [-0.3, -0.25) is 9.59 Å². The normalized spacial score (nSPS) is 10.2. The molecule has 0 fully saturated rings. The molecule has 0 aromatic heterocycles. The van der Waals surface area contributed by atoms with Gasteiger partial charge in [0, 0.05) is 20.3 Å². The summed E-state index contributed by atoms with van der Waals surface area (Å²) in [7, 11) is 4.59. The molecule has 0 saturated carbocycles. The van der Waals surface area contributed by atoms with E-state index in [0.29, 0.717) is 23.7 Å². The lowest BCUT2D eigenvalue weighted by Crippen LogP contribution is -2.15. The molecule has 1 aromatic rings. The molecule has 1 unspecified atom stereocenters. The molecule has 0 aliphatic carbocycles. The fourth-order valence-corrected chi connectivity index (χ4v) is 1.59. The maximum atomic E-state index is 9.40. The van der Waals surface area contributed by atoms with Crippen LogP contribution in [0.5, 0.6) is 17.2 Å². The van der Waals surface area contributed by atoms with E-state index < -0.39 is 18.0 Å². The Morgan fingerprint density at radius 2 is 1.32 bits per heavy atom. The van der Waals surface area contributed by atoms with Crippen LogP contribution in [0, 0.1) is 0 Å². The third-order valence-electron chi connectivity index (χ3n) is 2.41. The van der Waals surface area contributed by atoms with E-state index in [9.17, 15) is 5.11 Å². The summed E-state index contributed by atoms with van der Waals surface area (Å²) in [5, 5.41) is 33.0. The Kier molecular flexibility index (Phi) is 13.7. The van der Waals surface area contributed by atoms with E-state index in [4.69, 9.17) is 39.1 Å². The van der Waals surface area contributed by atoms with Crippen LogP contribution >= 0.6 is 0 Å². The highest BCUT2D eigenvalue weighted by Crippen LogP contribution is 2.38. The van der Waals surface area contributed by atoms with Crippen LogP contribution < -0.4 is 14.2 Å². The maximum absolute atomic E-state index is 9.40. The molecule has 0 aliphatic heterocycles. The van der Waals surface area contributed by atoms with Gasteiger partial charge in [-0.2, -0.15) is 0 Å². The number of methoxy groups -OCH3 is 3. The van der Waals surface area contributed by atoms with Crippen LogP contribution in [0.3, 0.4) is 0 Å². The molecule has 1 rings (SSSR count). The number of carbonyl (C=O) groups is 2. The van der Waals surface area contributed by atoms with Gasteiger partial charge >= 0.3 is 0 Å². The minimum absolute atomic E-state index is 0.281. The predicted molar refractivity (Wildman–Crippen MR) is 89.5 cm³/mol. The number of ether oxygens (including phenoxy) is 3. The number of aliphatic hydroxyl groups excluding tert-OH is 2. The topological polar surface area (TPSA) is 143 Å². The minimum Gasteiger partial charge on any atom is -0.493 e. The van der Waals surface area contributed by atoms with Crippen molar-refractivity contribution in [2.24, 2.45) is 0 Å². The van der Waals surface area contributed by atoms with Gasteiger partial charge in [0.1, 0.15) is 0 Å². The lowest BCUT2D eigenvalue weighted by molar-refractivity contribution is -0.135. The second-order valence-electron chi connectivity index (χ2n) is 4.61. The van der Waals surface area contributed by atoms with Gasteiger partial charge in [-0.05, 0) is 17.7 Å². The smallest absolute Gasteiger partial charge is 0.300 e. The van der Waals surface area contributed by atoms with Crippen molar-refractivity contribution in [3.05, 3.63) is 17.7 Å². The standard InChI is InChI=1S/C12H18O5.2C2H4O2/c1-15-10-5-8(4-9(14)7-13)6-11(16-2)12(10)17-3;2*1-2(3)4/h5-6,9,13-14H,4,7H2,1-3H3;2*1H3,(H,3,4). The van der Waals surface area contributed by atoms with Gasteiger partial charge in [-0.25, -0.2) is 0 Å². The highest BCUT2D eigenvalue weighted by molar-refractivity contribution is 5.63. The average Bonchev–Trinajstić information content (AvgIpc) is 2.52. The van der Waals surface area contributed by atoms with Gasteiger partial charge in [0.05, 0.1) is 34.0 Å². The van der Waals surface area contributed by atoms with Gasteiger partial charge in [0.2, 0.25) is 5.75 Å². The van der Waals surface area contributed by atoms with Crippen LogP contribution in [0.15, 0.2) is 12.1 Å². The number of hydrogen-bond acceptors (Lipinski definition) is 7. The predicted octanol–water partition coefficient (Wildman–Crippen LogP) is 0.790. The van der Waals surface area contributed by atoms with Gasteiger partial charge in [-0.15, -0.1) is 0 Å². The maximum Gasteiger partial charge on any atom is 0.300 e. The third kappa shape index (κ3) is 12.6. The summed E-state index contributed by atoms with van der Waals surface area (Å²) >= 11 is 0. The van der Waals surface area contributed by atoms with Crippen molar-refractivity contribution in [3.8, 4) is 17.2 Å². The highest BCUT2D eigenvalue weighted by Gasteiger charge is 2.14. The molecule has 0 heterocycles. The molecule has 1 atom stereocenters. The lowest BCUT2D eigenvalue weighted by Gasteiger charge is -2.15. The van der Waals surface area contributed by atoms with Crippen molar-refractivity contribution in [2.45, 2.75) is 26.4 Å². The molecule has 0 aliphatic rings. The van der Waals surface area contributed by atoms with Gasteiger partial charge in [0.15, 0.2) is 11.5 Å². The molecule has 0 saturated heterocycles. The summed E-state index contributed by atoms with van der Waals surface area (Å²) in [5.41, 5.74) is 0.807. The zero-order valence-corrected chi connectivity index (χ0v) is 15.0. The zero-order chi connectivity index (χ0) is 20.0. The van der Waals surface area contributed by atoms with Crippen LogP contribution in [0.4, 0.5) is 0 Å². The van der Waals surface area contributed by atoms with Crippen LogP contribution in [-0.2, 0) is 16.0 Å². The van der Waals surface area contributed by atoms with Crippen molar-refractivity contribution >= 4 is 11.9 Å². The van der Waals surface area contributed by atoms with Crippen molar-refractivity contribution in [1.82, 2.24) is 0 Å². The molecule has 1 aromatic carbocycles. The van der Waals surface area contributed by atoms with Crippen LogP contribution in [0.1, 0.15) is 19.4 Å². The van der Waals surface area contributed by atoms with Crippen molar-refractivity contribution < 1.29 is 44.2 Å². The molecule has 4 N–H and O–H groups in total. The van der Waals surface area contributed by atoms with Crippen molar-refractivity contribution in [3.63, 3.8) is 0 Å². The molecule has 25 heavy (non-hydrogen) atoms. The first-order valence-corrected chi connectivity index (χ1v) is 7.09. The molecule has 0 spiro atoms. The number of aliphatic hydroxyl groups is 2. The monoisotopic (exact) mass is 362 g/mol. The van der Waals surface area contributed by atoms with Gasteiger partial charge in [0.25, 0.3) is 11.9 Å². The summed E-state index contributed by atoms with van der Waals surface area (Å²) < 4.78 is 15.6. The van der Waals surface area contributed by atoms with Gasteiger partial charge < -0.3 is 34.6 Å². The highest BCUT2D eigenvalue weighted by atomic mass is 16.5. The Balaban J connectivity index is 0. The molecule has 0 amide bonds. The summed E-state index contributed by atoms with van der Waals surface area (Å²) in [4.78, 5) is 18.0. The Bertz CT molecular complexity index is 483. The minimum atomic E-state index is -0.833. The molecule has 9 nitrogen and oxygen atoms in total. The van der Waals surface area contributed by atoms with Crippen molar-refractivity contribution in [1.29, 1.82) is 0 Å². The SMILES string of the molecule is CC(=O)O.CC(=O)O.COc1cc(CC(O)CO)cc(OC)c1OC. The molecule has 144 valence electrons. The fourth-order valence-electron chi connectivity index (χ4n) is 1.59. The zero-order valence-electron chi connectivity index (χ0n) is 15.0. The van der Waals surface area contributed by atoms with E-state index in [-0.39, 0.29) is 6.61 Å².